The van der Waals surface area contributed by atoms with Gasteiger partial charge in [0.1, 0.15) is 0 Å². The Morgan fingerprint density at radius 3 is 3.27 bits per heavy atom. The summed E-state index contributed by atoms with van der Waals surface area (Å²) in [5.74, 6) is 0.548. The maximum atomic E-state index is 9.90. The molecule has 0 aromatic carbocycles. The first kappa shape index (κ1) is 7.96. The lowest BCUT2D eigenvalue weighted by molar-refractivity contribution is 0.564. The Morgan fingerprint density at radius 1 is 1.82 bits per heavy atom. The molecule has 0 aliphatic heterocycles. The highest BCUT2D eigenvalue weighted by Gasteiger charge is 2.05. The predicted octanol–water partition coefficient (Wildman–Crippen LogP) is 2.19. The third kappa shape index (κ3) is 2.17. The van der Waals surface area contributed by atoms with E-state index in [1.54, 1.807) is 0 Å². The lowest BCUT2D eigenvalue weighted by Crippen LogP contribution is -1.97. The first-order valence-electron chi connectivity index (χ1n) is 3.83. The molecule has 58 valence electrons. The molecule has 0 saturated heterocycles. The molecule has 0 saturated carbocycles. The Labute approximate surface area is 66.3 Å². The number of rotatable bonds is 2. The van der Waals surface area contributed by atoms with E-state index in [4.69, 9.17) is 0 Å². The predicted molar refractivity (Wildman–Crippen MR) is 43.7 cm³/mol. The second-order valence-electron chi connectivity index (χ2n) is 2.60. The van der Waals surface area contributed by atoms with Gasteiger partial charge in [0.15, 0.2) is 0 Å². The largest absolute Gasteiger partial charge is 0.240 e. The highest BCUT2D eigenvalue weighted by atomic mass is 16.1. The van der Waals surface area contributed by atoms with Crippen LogP contribution >= 0.6 is 0 Å². The van der Waals surface area contributed by atoms with E-state index in [9.17, 15) is 4.79 Å². The van der Waals surface area contributed by atoms with Gasteiger partial charge in [-0.05, 0) is 24.8 Å². The smallest absolute Gasteiger partial charge is 0.211 e. The van der Waals surface area contributed by atoms with Crippen LogP contribution in [0.5, 0.6) is 0 Å². The molecule has 0 N–H and O–H groups in total. The van der Waals surface area contributed by atoms with Gasteiger partial charge < -0.3 is 0 Å². The third-order valence-electron chi connectivity index (χ3n) is 1.83. The molecule has 11 heavy (non-hydrogen) atoms. The van der Waals surface area contributed by atoms with Crippen molar-refractivity contribution in [2.75, 3.05) is 0 Å². The van der Waals surface area contributed by atoms with Crippen LogP contribution in [0, 0.1) is 5.92 Å². The Morgan fingerprint density at radius 2 is 2.64 bits per heavy atom. The summed E-state index contributed by atoms with van der Waals surface area (Å²) in [7, 11) is 0. The van der Waals surface area contributed by atoms with Gasteiger partial charge in [0.05, 0.1) is 5.70 Å². The van der Waals surface area contributed by atoms with Gasteiger partial charge in [-0.3, -0.25) is 0 Å². The molecule has 1 unspecified atom stereocenters. The number of isocyanates is 1. The highest BCUT2D eigenvalue weighted by molar-refractivity contribution is 5.40. The lowest BCUT2D eigenvalue weighted by atomic mass is 9.97. The highest BCUT2D eigenvalue weighted by Crippen LogP contribution is 2.19. The van der Waals surface area contributed by atoms with Crippen LogP contribution in [0.25, 0.3) is 0 Å². The molecule has 0 heterocycles. The van der Waals surface area contributed by atoms with Crippen molar-refractivity contribution in [3.05, 3.63) is 23.9 Å². The van der Waals surface area contributed by atoms with Crippen LogP contribution in [0.2, 0.25) is 0 Å². The molecule has 0 bridgehead atoms. The molecule has 1 rings (SSSR count). The average molecular weight is 149 g/mol. The van der Waals surface area contributed by atoms with E-state index >= 15 is 0 Å². The van der Waals surface area contributed by atoms with Crippen molar-refractivity contribution in [3.8, 4) is 0 Å². The van der Waals surface area contributed by atoms with E-state index in [1.165, 1.54) is 6.08 Å². The summed E-state index contributed by atoms with van der Waals surface area (Å²) in [5, 5.41) is 0. The molecule has 1 aliphatic rings. The van der Waals surface area contributed by atoms with Crippen LogP contribution in [-0.2, 0) is 4.79 Å². The summed E-state index contributed by atoms with van der Waals surface area (Å²) in [5.41, 5.74) is 0.748. The standard InChI is InChI=1S/C9H11NO/c1-2-8-4-3-5-9(6-8)10-7-11/h3,5-6,8H,2,4H2,1H3. The average Bonchev–Trinajstić information content (AvgIpc) is 2.06. The fourth-order valence-electron chi connectivity index (χ4n) is 1.14. The van der Waals surface area contributed by atoms with Crippen LogP contribution in [0.3, 0.4) is 0 Å². The summed E-state index contributed by atoms with van der Waals surface area (Å²) in [6.45, 7) is 2.13. The van der Waals surface area contributed by atoms with Crippen LogP contribution < -0.4 is 0 Å². The number of allylic oxidation sites excluding steroid dienone is 3. The van der Waals surface area contributed by atoms with Gasteiger partial charge in [-0.15, -0.1) is 0 Å². The number of aliphatic imine (C=N–C) groups is 1. The second kappa shape index (κ2) is 3.89. The van der Waals surface area contributed by atoms with Crippen molar-refractivity contribution in [3.63, 3.8) is 0 Å². The number of nitrogens with zero attached hydrogens (tertiary/aromatic N) is 1. The van der Waals surface area contributed by atoms with Gasteiger partial charge in [0.2, 0.25) is 6.08 Å². The van der Waals surface area contributed by atoms with Crippen LogP contribution in [-0.4, -0.2) is 6.08 Å². The molecular weight excluding hydrogens is 138 g/mol. The number of hydrogen-bond donors (Lipinski definition) is 0. The maximum absolute atomic E-state index is 9.90. The summed E-state index contributed by atoms with van der Waals surface area (Å²) in [6.07, 6.45) is 9.62. The van der Waals surface area contributed by atoms with Crippen LogP contribution in [0.4, 0.5) is 0 Å². The Kier molecular flexibility index (Phi) is 2.82. The number of hydrogen-bond acceptors (Lipinski definition) is 2. The quantitative estimate of drug-likeness (QED) is 0.437. The van der Waals surface area contributed by atoms with Gasteiger partial charge >= 0.3 is 0 Å². The Hall–Kier alpha value is -1.14. The summed E-state index contributed by atoms with van der Waals surface area (Å²) < 4.78 is 0. The van der Waals surface area contributed by atoms with E-state index in [1.807, 2.05) is 18.2 Å². The maximum Gasteiger partial charge on any atom is 0.240 e. The SMILES string of the molecule is CCC1C=C(N=C=O)C=CC1. The zero-order valence-electron chi connectivity index (χ0n) is 6.58. The van der Waals surface area contributed by atoms with Crippen molar-refractivity contribution >= 4 is 6.08 Å². The molecule has 0 aromatic heterocycles. The van der Waals surface area contributed by atoms with E-state index < -0.39 is 0 Å². The van der Waals surface area contributed by atoms with Crippen molar-refractivity contribution < 1.29 is 4.79 Å². The van der Waals surface area contributed by atoms with E-state index in [0.717, 1.165) is 18.5 Å². The lowest BCUT2D eigenvalue weighted by Gasteiger charge is -2.10. The topological polar surface area (TPSA) is 29.4 Å². The fraction of sp³-hybridized carbons (Fsp3) is 0.444. The Bertz CT molecular complexity index is 234. The molecule has 0 amide bonds. The third-order valence-corrected chi connectivity index (χ3v) is 1.83. The van der Waals surface area contributed by atoms with Crippen molar-refractivity contribution in [1.82, 2.24) is 0 Å². The molecule has 2 nitrogen and oxygen atoms in total. The minimum atomic E-state index is 0.548. The monoisotopic (exact) mass is 149 g/mol. The molecule has 0 fully saturated rings. The van der Waals surface area contributed by atoms with Gasteiger partial charge in [-0.1, -0.05) is 19.1 Å². The first-order valence-corrected chi connectivity index (χ1v) is 3.83. The van der Waals surface area contributed by atoms with Crippen molar-refractivity contribution in [2.24, 2.45) is 10.9 Å². The molecule has 1 aliphatic carbocycles. The summed E-state index contributed by atoms with van der Waals surface area (Å²) in [6, 6.07) is 0. The van der Waals surface area contributed by atoms with E-state index in [-0.39, 0.29) is 0 Å². The van der Waals surface area contributed by atoms with E-state index in [2.05, 4.69) is 11.9 Å². The molecular formula is C9H11NO. The molecule has 0 radical (unpaired) electrons. The second-order valence-corrected chi connectivity index (χ2v) is 2.60. The molecule has 0 aromatic rings. The molecule has 2 heteroatoms. The summed E-state index contributed by atoms with van der Waals surface area (Å²) in [4.78, 5) is 13.5. The first-order chi connectivity index (χ1) is 5.36. The van der Waals surface area contributed by atoms with Crippen molar-refractivity contribution in [2.45, 2.75) is 19.8 Å². The van der Waals surface area contributed by atoms with Crippen LogP contribution in [0.15, 0.2) is 28.9 Å². The van der Waals surface area contributed by atoms with Gasteiger partial charge in [-0.25, -0.2) is 4.79 Å². The van der Waals surface area contributed by atoms with E-state index in [0.29, 0.717) is 5.92 Å². The van der Waals surface area contributed by atoms with Gasteiger partial charge in [0.25, 0.3) is 0 Å². The van der Waals surface area contributed by atoms with Gasteiger partial charge in [0, 0.05) is 0 Å². The van der Waals surface area contributed by atoms with Gasteiger partial charge in [-0.2, -0.15) is 4.99 Å². The fourth-order valence-corrected chi connectivity index (χ4v) is 1.14. The normalized spacial score (nSPS) is 22.3. The number of carbonyl (C=O) groups excluding carboxylic acids is 1. The minimum absolute atomic E-state index is 0.548. The minimum Gasteiger partial charge on any atom is -0.211 e. The van der Waals surface area contributed by atoms with Crippen molar-refractivity contribution in [1.29, 1.82) is 0 Å². The zero-order chi connectivity index (χ0) is 8.10. The Balaban J connectivity index is 2.71. The molecule has 0 spiro atoms. The zero-order valence-corrected chi connectivity index (χ0v) is 6.58. The van der Waals surface area contributed by atoms with Crippen LogP contribution in [0.1, 0.15) is 19.8 Å². The summed E-state index contributed by atoms with van der Waals surface area (Å²) >= 11 is 0. The molecule has 1 atom stereocenters.